The van der Waals surface area contributed by atoms with Crippen LogP contribution in [-0.4, -0.2) is 50.5 Å². The summed E-state index contributed by atoms with van der Waals surface area (Å²) in [5.41, 5.74) is 0. The molecule has 0 saturated heterocycles. The van der Waals surface area contributed by atoms with Crippen LogP contribution in [0, 0.1) is 0 Å². The molecule has 0 aromatic carbocycles. The van der Waals surface area contributed by atoms with E-state index in [1.807, 2.05) is 0 Å². The van der Waals surface area contributed by atoms with Crippen LogP contribution in [-0.2, 0) is 9.47 Å². The average molecular weight is 548 g/mol. The highest BCUT2D eigenvalue weighted by atomic mass is 16.5. The summed E-state index contributed by atoms with van der Waals surface area (Å²) < 4.78 is 12.7. The first-order valence-electron chi connectivity index (χ1n) is 17.4. The predicted octanol–water partition coefficient (Wildman–Crippen LogP) is 10.8. The number of hydrogen-bond acceptors (Lipinski definition) is 3. The molecule has 1 aliphatic rings. The van der Waals surface area contributed by atoms with Crippen LogP contribution in [0.15, 0.2) is 24.3 Å². The Balaban J connectivity index is 2.02. The normalized spacial score (nSPS) is 20.2. The second-order valence-electron chi connectivity index (χ2n) is 12.4. The molecule has 0 amide bonds. The quantitative estimate of drug-likeness (QED) is 0.0754. The van der Waals surface area contributed by atoms with Crippen LogP contribution in [0.25, 0.3) is 0 Å². The first-order valence-corrected chi connectivity index (χ1v) is 17.4. The largest absolute Gasteiger partial charge is 0.378 e. The molecule has 0 bridgehead atoms. The molecule has 0 aromatic heterocycles. The lowest BCUT2D eigenvalue weighted by molar-refractivity contribution is -0.0667. The fourth-order valence-corrected chi connectivity index (χ4v) is 5.71. The third-order valence-electron chi connectivity index (χ3n) is 8.38. The van der Waals surface area contributed by atoms with Crippen molar-refractivity contribution in [3.05, 3.63) is 24.3 Å². The van der Waals surface area contributed by atoms with E-state index in [9.17, 15) is 0 Å². The SMILES string of the molecule is CCCCCC=CCC=CCCCCCCCCOC1CC(OCCCCCCCCCC)CC(N(C)C)C1. The van der Waals surface area contributed by atoms with Crippen molar-refractivity contribution in [2.24, 2.45) is 0 Å². The molecule has 1 fully saturated rings. The van der Waals surface area contributed by atoms with Gasteiger partial charge in [-0.3, -0.25) is 0 Å². The Morgan fingerprint density at radius 1 is 0.513 bits per heavy atom. The molecule has 0 N–H and O–H groups in total. The van der Waals surface area contributed by atoms with Gasteiger partial charge in [-0.05, 0) is 78.3 Å². The molecule has 0 aromatic rings. The Kier molecular flexibility index (Phi) is 25.7. The van der Waals surface area contributed by atoms with Gasteiger partial charge in [-0.1, -0.05) is 122 Å². The first-order chi connectivity index (χ1) is 19.2. The molecule has 39 heavy (non-hydrogen) atoms. The van der Waals surface area contributed by atoms with Gasteiger partial charge in [-0.2, -0.15) is 0 Å². The molecule has 0 aliphatic heterocycles. The maximum Gasteiger partial charge on any atom is 0.0614 e. The summed E-state index contributed by atoms with van der Waals surface area (Å²) in [6.45, 7) is 6.41. The second kappa shape index (κ2) is 27.5. The molecule has 0 spiro atoms. The molecular weight excluding hydrogens is 478 g/mol. The summed E-state index contributed by atoms with van der Waals surface area (Å²) in [5, 5.41) is 0. The van der Waals surface area contributed by atoms with Crippen molar-refractivity contribution >= 4 is 0 Å². The van der Waals surface area contributed by atoms with Gasteiger partial charge in [0.2, 0.25) is 0 Å². The minimum Gasteiger partial charge on any atom is -0.378 e. The van der Waals surface area contributed by atoms with E-state index in [0.29, 0.717) is 18.2 Å². The maximum atomic E-state index is 6.38. The molecule has 1 aliphatic carbocycles. The highest BCUT2D eigenvalue weighted by Gasteiger charge is 2.31. The third kappa shape index (κ3) is 22.7. The molecular formula is C36H69NO2. The average Bonchev–Trinajstić information content (AvgIpc) is 2.93. The zero-order valence-corrected chi connectivity index (χ0v) is 27.0. The highest BCUT2D eigenvalue weighted by molar-refractivity contribution is 4.92. The van der Waals surface area contributed by atoms with E-state index in [1.54, 1.807) is 0 Å². The summed E-state index contributed by atoms with van der Waals surface area (Å²) in [6, 6.07) is 0.586. The van der Waals surface area contributed by atoms with E-state index in [-0.39, 0.29) is 0 Å². The predicted molar refractivity (Wildman–Crippen MR) is 173 cm³/mol. The van der Waals surface area contributed by atoms with Crippen molar-refractivity contribution in [2.75, 3.05) is 27.3 Å². The zero-order chi connectivity index (χ0) is 28.2. The Labute approximate surface area is 245 Å². The Hall–Kier alpha value is -0.640. The van der Waals surface area contributed by atoms with E-state index in [2.05, 4.69) is 57.1 Å². The Morgan fingerprint density at radius 3 is 1.41 bits per heavy atom. The van der Waals surface area contributed by atoms with E-state index in [0.717, 1.165) is 38.9 Å². The van der Waals surface area contributed by atoms with Crippen LogP contribution < -0.4 is 0 Å². The number of allylic oxidation sites excluding steroid dienone is 4. The fourth-order valence-electron chi connectivity index (χ4n) is 5.71. The number of unbranched alkanes of at least 4 members (excludes halogenated alkanes) is 16. The molecule has 230 valence electrons. The van der Waals surface area contributed by atoms with Gasteiger partial charge in [0.25, 0.3) is 0 Å². The van der Waals surface area contributed by atoms with Crippen LogP contribution in [0.4, 0.5) is 0 Å². The van der Waals surface area contributed by atoms with E-state index >= 15 is 0 Å². The zero-order valence-electron chi connectivity index (χ0n) is 27.0. The standard InChI is InChI=1S/C36H69NO2/c1-5-7-9-11-13-15-16-17-18-19-20-21-22-24-26-28-30-39-36-32-34(37(3)4)31-35(33-36)38-29-27-25-23-14-12-10-8-6-2/h13,15,17-18,34-36H,5-12,14,16,19-33H2,1-4H3. The maximum absolute atomic E-state index is 6.38. The van der Waals surface area contributed by atoms with Crippen LogP contribution in [0.1, 0.15) is 162 Å². The lowest BCUT2D eigenvalue weighted by Gasteiger charge is -2.38. The minimum absolute atomic E-state index is 0.368. The molecule has 0 radical (unpaired) electrons. The van der Waals surface area contributed by atoms with Gasteiger partial charge in [0, 0.05) is 19.3 Å². The topological polar surface area (TPSA) is 21.7 Å². The molecule has 3 nitrogen and oxygen atoms in total. The van der Waals surface area contributed by atoms with Gasteiger partial charge in [-0.15, -0.1) is 0 Å². The van der Waals surface area contributed by atoms with Gasteiger partial charge in [0.15, 0.2) is 0 Å². The van der Waals surface area contributed by atoms with Crippen molar-refractivity contribution in [2.45, 2.75) is 180 Å². The van der Waals surface area contributed by atoms with Crippen molar-refractivity contribution < 1.29 is 9.47 Å². The smallest absolute Gasteiger partial charge is 0.0614 e. The minimum atomic E-state index is 0.368. The fraction of sp³-hybridized carbons (Fsp3) is 0.889. The summed E-state index contributed by atoms with van der Waals surface area (Å²) >= 11 is 0. The lowest BCUT2D eigenvalue weighted by Crippen LogP contribution is -2.42. The third-order valence-corrected chi connectivity index (χ3v) is 8.38. The number of ether oxygens (including phenoxy) is 2. The van der Waals surface area contributed by atoms with Crippen LogP contribution in [0.2, 0.25) is 0 Å². The summed E-state index contributed by atoms with van der Waals surface area (Å²) in [6.07, 6.45) is 40.0. The van der Waals surface area contributed by atoms with Gasteiger partial charge < -0.3 is 14.4 Å². The van der Waals surface area contributed by atoms with Crippen LogP contribution in [0.3, 0.4) is 0 Å². The molecule has 3 heteroatoms. The second-order valence-corrected chi connectivity index (χ2v) is 12.4. The van der Waals surface area contributed by atoms with Gasteiger partial charge in [0.05, 0.1) is 12.2 Å². The van der Waals surface area contributed by atoms with Crippen molar-refractivity contribution in [3.8, 4) is 0 Å². The Bertz CT molecular complexity index is 558. The van der Waals surface area contributed by atoms with Gasteiger partial charge in [0.1, 0.15) is 0 Å². The van der Waals surface area contributed by atoms with Crippen LogP contribution >= 0.6 is 0 Å². The van der Waals surface area contributed by atoms with Gasteiger partial charge in [-0.25, -0.2) is 0 Å². The van der Waals surface area contributed by atoms with E-state index in [4.69, 9.17) is 9.47 Å². The molecule has 0 heterocycles. The summed E-state index contributed by atoms with van der Waals surface area (Å²) in [5.74, 6) is 0. The molecule has 1 saturated carbocycles. The monoisotopic (exact) mass is 548 g/mol. The number of nitrogens with zero attached hydrogens (tertiary/aromatic N) is 1. The molecule has 1 rings (SSSR count). The highest BCUT2D eigenvalue weighted by Crippen LogP contribution is 2.27. The number of rotatable bonds is 27. The van der Waals surface area contributed by atoms with Crippen LogP contribution in [0.5, 0.6) is 0 Å². The van der Waals surface area contributed by atoms with E-state index < -0.39 is 0 Å². The van der Waals surface area contributed by atoms with Crippen molar-refractivity contribution in [3.63, 3.8) is 0 Å². The summed E-state index contributed by atoms with van der Waals surface area (Å²) in [4.78, 5) is 2.38. The van der Waals surface area contributed by atoms with E-state index in [1.165, 1.54) is 122 Å². The lowest BCUT2D eigenvalue weighted by atomic mass is 9.89. The first kappa shape index (κ1) is 36.4. The summed E-state index contributed by atoms with van der Waals surface area (Å²) in [7, 11) is 4.43. The Morgan fingerprint density at radius 2 is 0.923 bits per heavy atom. The van der Waals surface area contributed by atoms with Crippen molar-refractivity contribution in [1.82, 2.24) is 4.90 Å². The van der Waals surface area contributed by atoms with Crippen molar-refractivity contribution in [1.29, 1.82) is 0 Å². The molecule has 3 unspecified atom stereocenters. The molecule has 3 atom stereocenters. The number of hydrogen-bond donors (Lipinski definition) is 0. The van der Waals surface area contributed by atoms with Gasteiger partial charge >= 0.3 is 0 Å².